The van der Waals surface area contributed by atoms with E-state index in [9.17, 15) is 12.8 Å². The Morgan fingerprint density at radius 3 is 2.61 bits per heavy atom. The minimum atomic E-state index is -3.63. The third kappa shape index (κ3) is 2.92. The highest BCUT2D eigenvalue weighted by atomic mass is 79.9. The van der Waals surface area contributed by atoms with Gasteiger partial charge in [0.1, 0.15) is 5.82 Å². The number of hydrogen-bond donors (Lipinski definition) is 1. The molecule has 0 saturated heterocycles. The van der Waals surface area contributed by atoms with Crippen LogP contribution >= 0.6 is 15.9 Å². The van der Waals surface area contributed by atoms with Gasteiger partial charge in [-0.05, 0) is 59.8 Å². The number of hydrogen-bond acceptors (Lipinski definition) is 2. The van der Waals surface area contributed by atoms with E-state index in [-0.39, 0.29) is 15.4 Å². The lowest BCUT2D eigenvalue weighted by Gasteiger charge is -2.31. The van der Waals surface area contributed by atoms with E-state index in [1.54, 1.807) is 0 Å². The summed E-state index contributed by atoms with van der Waals surface area (Å²) in [5.41, 5.74) is 0. The third-order valence-electron chi connectivity index (χ3n) is 3.40. The molecule has 1 fully saturated rings. The molecule has 1 aliphatic rings. The van der Waals surface area contributed by atoms with Gasteiger partial charge < -0.3 is 0 Å². The molecule has 1 aromatic carbocycles. The van der Waals surface area contributed by atoms with Gasteiger partial charge in [0.05, 0.1) is 9.37 Å². The summed E-state index contributed by atoms with van der Waals surface area (Å²) in [6, 6.07) is 3.72. The minimum absolute atomic E-state index is 0.0330. The van der Waals surface area contributed by atoms with Crippen LogP contribution in [0.5, 0.6) is 0 Å². The van der Waals surface area contributed by atoms with Crippen molar-refractivity contribution in [2.75, 3.05) is 0 Å². The molecule has 0 heterocycles. The Balaban J connectivity index is 2.16. The number of sulfonamides is 1. The Bertz CT molecular complexity index is 543. The summed E-state index contributed by atoms with van der Waals surface area (Å²) in [5.74, 6) is -0.172. The molecule has 3 nitrogen and oxygen atoms in total. The van der Waals surface area contributed by atoms with Crippen molar-refractivity contribution in [1.82, 2.24) is 4.72 Å². The molecule has 1 aliphatic carbocycles. The Hall–Kier alpha value is -0.460. The van der Waals surface area contributed by atoms with E-state index >= 15 is 0 Å². The third-order valence-corrected chi connectivity index (χ3v) is 5.60. The first kappa shape index (κ1) is 14.0. The lowest BCUT2D eigenvalue weighted by atomic mass is 9.81. The summed E-state index contributed by atoms with van der Waals surface area (Å²) < 4.78 is 40.3. The summed E-state index contributed by atoms with van der Waals surface area (Å²) in [7, 11) is -3.63. The van der Waals surface area contributed by atoms with Gasteiger partial charge in [0.2, 0.25) is 10.0 Å². The molecule has 0 aliphatic heterocycles. The smallest absolute Gasteiger partial charge is 0.208 e. The van der Waals surface area contributed by atoms with Crippen LogP contribution in [0.3, 0.4) is 0 Å². The van der Waals surface area contributed by atoms with Crippen molar-refractivity contribution in [3.8, 4) is 0 Å². The normalized spacial score (nSPS) is 18.4. The van der Waals surface area contributed by atoms with Gasteiger partial charge in [-0.1, -0.05) is 6.42 Å². The predicted octanol–water partition coefficient (Wildman–Crippen LogP) is 3.06. The van der Waals surface area contributed by atoms with Crippen LogP contribution in [-0.2, 0) is 10.0 Å². The first-order valence-electron chi connectivity index (χ1n) is 5.87. The number of nitrogens with one attached hydrogen (secondary N) is 1. The molecule has 0 spiro atoms. The molecule has 1 atom stereocenters. The molecule has 0 bridgehead atoms. The first-order chi connectivity index (χ1) is 8.40. The van der Waals surface area contributed by atoms with E-state index in [1.807, 2.05) is 6.92 Å². The lowest BCUT2D eigenvalue weighted by Crippen LogP contribution is -2.40. The van der Waals surface area contributed by atoms with Crippen LogP contribution in [0.25, 0.3) is 0 Å². The zero-order valence-corrected chi connectivity index (χ0v) is 12.4. The van der Waals surface area contributed by atoms with E-state index in [4.69, 9.17) is 0 Å². The van der Waals surface area contributed by atoms with Crippen LogP contribution in [0.15, 0.2) is 27.6 Å². The molecule has 0 radical (unpaired) electrons. The van der Waals surface area contributed by atoms with Crippen molar-refractivity contribution in [1.29, 1.82) is 0 Å². The molecule has 1 unspecified atom stereocenters. The van der Waals surface area contributed by atoms with Gasteiger partial charge >= 0.3 is 0 Å². The van der Waals surface area contributed by atoms with Gasteiger partial charge in [0.15, 0.2) is 0 Å². The molecule has 0 amide bonds. The van der Waals surface area contributed by atoms with E-state index in [2.05, 4.69) is 20.7 Å². The van der Waals surface area contributed by atoms with E-state index < -0.39 is 15.8 Å². The van der Waals surface area contributed by atoms with E-state index in [0.29, 0.717) is 5.92 Å². The average Bonchev–Trinajstić information content (AvgIpc) is 2.18. The molecule has 1 N–H and O–H groups in total. The van der Waals surface area contributed by atoms with Gasteiger partial charge in [0, 0.05) is 6.04 Å². The van der Waals surface area contributed by atoms with Crippen LogP contribution in [-0.4, -0.2) is 14.5 Å². The SMILES string of the molecule is CC(NS(=O)(=O)c1ccc(Br)c(F)c1)C1CCC1. The largest absolute Gasteiger partial charge is 0.240 e. The average molecular weight is 336 g/mol. The maximum absolute atomic E-state index is 13.3. The van der Waals surface area contributed by atoms with E-state index in [0.717, 1.165) is 25.3 Å². The van der Waals surface area contributed by atoms with Crippen molar-refractivity contribution in [2.45, 2.75) is 37.1 Å². The van der Waals surface area contributed by atoms with Crippen molar-refractivity contribution in [3.05, 3.63) is 28.5 Å². The Kier molecular flexibility index (Phi) is 4.08. The predicted molar refractivity (Wildman–Crippen MR) is 71.2 cm³/mol. The minimum Gasteiger partial charge on any atom is -0.208 e. The van der Waals surface area contributed by atoms with Crippen molar-refractivity contribution >= 4 is 26.0 Å². The molecule has 1 saturated carbocycles. The highest BCUT2D eigenvalue weighted by molar-refractivity contribution is 9.10. The second-order valence-electron chi connectivity index (χ2n) is 4.68. The first-order valence-corrected chi connectivity index (χ1v) is 8.15. The highest BCUT2D eigenvalue weighted by Crippen LogP contribution is 2.30. The van der Waals surface area contributed by atoms with Crippen LogP contribution in [0.1, 0.15) is 26.2 Å². The summed E-state index contributed by atoms with van der Waals surface area (Å²) in [4.78, 5) is -0.0330. The van der Waals surface area contributed by atoms with Gasteiger partial charge in [-0.2, -0.15) is 0 Å². The van der Waals surface area contributed by atoms with E-state index in [1.165, 1.54) is 12.1 Å². The standard InChI is InChI=1S/C12H15BrFNO2S/c1-8(9-3-2-4-9)15-18(16,17)10-5-6-11(13)12(14)7-10/h5-9,15H,2-4H2,1H3. The monoisotopic (exact) mass is 335 g/mol. The maximum Gasteiger partial charge on any atom is 0.240 e. The van der Waals surface area contributed by atoms with Crippen LogP contribution in [0.4, 0.5) is 4.39 Å². The second-order valence-corrected chi connectivity index (χ2v) is 7.25. The molecule has 0 aromatic heterocycles. The fraction of sp³-hybridized carbons (Fsp3) is 0.500. The number of benzene rings is 1. The Morgan fingerprint density at radius 2 is 2.11 bits per heavy atom. The molecular weight excluding hydrogens is 321 g/mol. The van der Waals surface area contributed by atoms with Crippen LogP contribution in [0, 0.1) is 11.7 Å². The maximum atomic E-state index is 13.3. The second kappa shape index (κ2) is 5.27. The van der Waals surface area contributed by atoms with Crippen molar-refractivity contribution in [3.63, 3.8) is 0 Å². The fourth-order valence-corrected chi connectivity index (χ4v) is 3.56. The van der Waals surface area contributed by atoms with Crippen molar-refractivity contribution in [2.24, 2.45) is 5.92 Å². The Morgan fingerprint density at radius 1 is 1.44 bits per heavy atom. The fourth-order valence-electron chi connectivity index (χ4n) is 1.99. The molecule has 2 rings (SSSR count). The topological polar surface area (TPSA) is 46.2 Å². The summed E-state index contributed by atoms with van der Waals surface area (Å²) in [5, 5.41) is 0. The molecular formula is C12H15BrFNO2S. The number of rotatable bonds is 4. The summed E-state index contributed by atoms with van der Waals surface area (Å²) in [6.45, 7) is 1.86. The van der Waals surface area contributed by atoms with Gasteiger partial charge in [0.25, 0.3) is 0 Å². The zero-order chi connectivity index (χ0) is 13.3. The van der Waals surface area contributed by atoms with Crippen LogP contribution in [0.2, 0.25) is 0 Å². The summed E-state index contributed by atoms with van der Waals surface area (Å²) >= 11 is 3.00. The molecule has 1 aromatic rings. The van der Waals surface area contributed by atoms with Gasteiger partial charge in [-0.3, -0.25) is 0 Å². The zero-order valence-electron chi connectivity index (χ0n) is 9.99. The van der Waals surface area contributed by atoms with Crippen LogP contribution < -0.4 is 4.72 Å². The van der Waals surface area contributed by atoms with Gasteiger partial charge in [-0.25, -0.2) is 17.5 Å². The molecule has 18 heavy (non-hydrogen) atoms. The Labute approximate surface area is 115 Å². The lowest BCUT2D eigenvalue weighted by molar-refractivity contribution is 0.260. The highest BCUT2D eigenvalue weighted by Gasteiger charge is 2.28. The molecule has 6 heteroatoms. The van der Waals surface area contributed by atoms with Crippen molar-refractivity contribution < 1.29 is 12.8 Å². The summed E-state index contributed by atoms with van der Waals surface area (Å²) in [6.07, 6.45) is 3.26. The quantitative estimate of drug-likeness (QED) is 0.919. The molecule has 100 valence electrons. The number of halogens is 2. The van der Waals surface area contributed by atoms with Gasteiger partial charge in [-0.15, -0.1) is 0 Å².